The Labute approximate surface area is 91.5 Å². The number of halogens is 1. The average Bonchev–Trinajstić information content (AvgIpc) is 2.12. The van der Waals surface area contributed by atoms with E-state index in [0.717, 1.165) is 12.0 Å². The van der Waals surface area contributed by atoms with Gasteiger partial charge in [0.15, 0.2) is 0 Å². The Hall–Kier alpha value is -0.890. The van der Waals surface area contributed by atoms with Crippen molar-refractivity contribution < 1.29 is 4.39 Å². The molecule has 0 bridgehead atoms. The fourth-order valence-corrected chi connectivity index (χ4v) is 1.69. The predicted octanol–water partition coefficient (Wildman–Crippen LogP) is 2.99. The third-order valence-corrected chi connectivity index (χ3v) is 2.88. The molecule has 0 aliphatic rings. The maximum atomic E-state index is 13.0. The van der Waals surface area contributed by atoms with Gasteiger partial charge in [0, 0.05) is 0 Å². The second-order valence-corrected chi connectivity index (χ2v) is 5.13. The van der Waals surface area contributed by atoms with E-state index in [1.54, 1.807) is 12.1 Å². The first-order valence-electron chi connectivity index (χ1n) is 5.38. The zero-order chi connectivity index (χ0) is 11.5. The Morgan fingerprint density at radius 3 is 2.47 bits per heavy atom. The van der Waals surface area contributed by atoms with Crippen LogP contribution in [0.3, 0.4) is 0 Å². The topological polar surface area (TPSA) is 26.0 Å². The molecule has 1 rings (SSSR count). The van der Waals surface area contributed by atoms with E-state index in [9.17, 15) is 4.39 Å². The van der Waals surface area contributed by atoms with Gasteiger partial charge in [-0.25, -0.2) is 4.39 Å². The highest BCUT2D eigenvalue weighted by Gasteiger charge is 2.23. The fraction of sp³-hybridized carbons (Fsp3) is 0.538. The normalized spacial score (nSPS) is 13.9. The van der Waals surface area contributed by atoms with E-state index >= 15 is 0 Å². The Kier molecular flexibility index (Phi) is 3.86. The van der Waals surface area contributed by atoms with Crippen LogP contribution in [-0.2, 0) is 6.42 Å². The van der Waals surface area contributed by atoms with Crippen LogP contribution in [0.25, 0.3) is 0 Å². The van der Waals surface area contributed by atoms with Gasteiger partial charge in [-0.1, -0.05) is 32.9 Å². The molecule has 1 nitrogen and oxygen atoms in total. The van der Waals surface area contributed by atoms with E-state index in [0.29, 0.717) is 12.5 Å². The minimum Gasteiger partial charge on any atom is -0.330 e. The van der Waals surface area contributed by atoms with E-state index in [1.165, 1.54) is 6.07 Å². The van der Waals surface area contributed by atoms with Gasteiger partial charge in [0.2, 0.25) is 0 Å². The third-order valence-electron chi connectivity index (χ3n) is 2.88. The van der Waals surface area contributed by atoms with Crippen LogP contribution in [0.2, 0.25) is 0 Å². The Bertz CT molecular complexity index is 315. The highest BCUT2D eigenvalue weighted by molar-refractivity contribution is 5.17. The summed E-state index contributed by atoms with van der Waals surface area (Å²) in [6.45, 7) is 7.15. The molecular weight excluding hydrogens is 189 g/mol. The summed E-state index contributed by atoms with van der Waals surface area (Å²) >= 11 is 0. The smallest absolute Gasteiger partial charge is 0.123 e. The summed E-state index contributed by atoms with van der Waals surface area (Å²) in [5, 5.41) is 0. The lowest BCUT2D eigenvalue weighted by Gasteiger charge is -2.29. The second-order valence-electron chi connectivity index (χ2n) is 5.13. The zero-order valence-electron chi connectivity index (χ0n) is 9.76. The Balaban J connectivity index is 2.76. The van der Waals surface area contributed by atoms with Crippen molar-refractivity contribution in [3.63, 3.8) is 0 Å². The number of hydrogen-bond donors (Lipinski definition) is 1. The van der Waals surface area contributed by atoms with Crippen LogP contribution in [0.4, 0.5) is 4.39 Å². The monoisotopic (exact) mass is 209 g/mol. The summed E-state index contributed by atoms with van der Waals surface area (Å²) in [6.07, 6.45) is 0.845. The molecule has 0 spiro atoms. The van der Waals surface area contributed by atoms with Gasteiger partial charge in [-0.2, -0.15) is 0 Å². The van der Waals surface area contributed by atoms with E-state index in [2.05, 4.69) is 20.8 Å². The van der Waals surface area contributed by atoms with Crippen molar-refractivity contribution in [2.24, 2.45) is 17.1 Å². The van der Waals surface area contributed by atoms with E-state index in [4.69, 9.17) is 5.73 Å². The molecule has 0 aliphatic heterocycles. The van der Waals surface area contributed by atoms with Crippen molar-refractivity contribution in [1.82, 2.24) is 0 Å². The van der Waals surface area contributed by atoms with Gasteiger partial charge >= 0.3 is 0 Å². The van der Waals surface area contributed by atoms with Crippen LogP contribution >= 0.6 is 0 Å². The molecule has 2 heteroatoms. The average molecular weight is 209 g/mol. The summed E-state index contributed by atoms with van der Waals surface area (Å²) < 4.78 is 13.0. The van der Waals surface area contributed by atoms with Crippen molar-refractivity contribution in [2.45, 2.75) is 27.2 Å². The van der Waals surface area contributed by atoms with Crippen molar-refractivity contribution in [3.8, 4) is 0 Å². The lowest BCUT2D eigenvalue weighted by Crippen LogP contribution is -2.29. The first-order chi connectivity index (χ1) is 6.93. The molecule has 0 radical (unpaired) electrons. The van der Waals surface area contributed by atoms with Crippen molar-refractivity contribution in [3.05, 3.63) is 35.6 Å². The van der Waals surface area contributed by atoms with Crippen LogP contribution in [0.1, 0.15) is 26.3 Å². The first-order valence-corrected chi connectivity index (χ1v) is 5.38. The van der Waals surface area contributed by atoms with Gasteiger partial charge < -0.3 is 5.73 Å². The van der Waals surface area contributed by atoms with E-state index < -0.39 is 0 Å². The van der Waals surface area contributed by atoms with Gasteiger partial charge in [0.25, 0.3) is 0 Å². The van der Waals surface area contributed by atoms with E-state index in [1.807, 2.05) is 6.07 Å². The van der Waals surface area contributed by atoms with Gasteiger partial charge in [-0.05, 0) is 42.0 Å². The first kappa shape index (κ1) is 12.2. The molecule has 0 aromatic heterocycles. The standard InChI is InChI=1S/C13H20FN/c1-13(2,3)11(9-15)7-10-5-4-6-12(14)8-10/h4-6,8,11H,7,9,15H2,1-3H3. The SMILES string of the molecule is CC(C)(C)C(CN)Cc1cccc(F)c1. The molecule has 2 N–H and O–H groups in total. The van der Waals surface area contributed by atoms with Crippen molar-refractivity contribution >= 4 is 0 Å². The fourth-order valence-electron chi connectivity index (χ4n) is 1.69. The van der Waals surface area contributed by atoms with Crippen LogP contribution < -0.4 is 5.73 Å². The number of hydrogen-bond acceptors (Lipinski definition) is 1. The van der Waals surface area contributed by atoms with Crippen LogP contribution in [-0.4, -0.2) is 6.54 Å². The molecule has 0 amide bonds. The minimum atomic E-state index is -0.169. The summed E-state index contributed by atoms with van der Waals surface area (Å²) in [5.41, 5.74) is 6.95. The van der Waals surface area contributed by atoms with Gasteiger partial charge in [0.1, 0.15) is 5.82 Å². The van der Waals surface area contributed by atoms with Gasteiger partial charge in [-0.15, -0.1) is 0 Å². The van der Waals surface area contributed by atoms with E-state index in [-0.39, 0.29) is 11.2 Å². The number of rotatable bonds is 3. The molecule has 84 valence electrons. The third kappa shape index (κ3) is 3.63. The van der Waals surface area contributed by atoms with Crippen LogP contribution in [0.5, 0.6) is 0 Å². The largest absolute Gasteiger partial charge is 0.330 e. The predicted molar refractivity (Wildman–Crippen MR) is 62.1 cm³/mol. The second kappa shape index (κ2) is 4.75. The summed E-state index contributed by atoms with van der Waals surface area (Å²) in [7, 11) is 0. The zero-order valence-corrected chi connectivity index (χ0v) is 9.76. The molecule has 1 aromatic carbocycles. The minimum absolute atomic E-state index is 0.168. The Morgan fingerprint density at radius 2 is 2.00 bits per heavy atom. The molecular formula is C13H20FN. The molecule has 1 atom stereocenters. The van der Waals surface area contributed by atoms with Gasteiger partial charge in [-0.3, -0.25) is 0 Å². The summed E-state index contributed by atoms with van der Waals surface area (Å²) in [5.74, 6) is 0.219. The molecule has 0 heterocycles. The lowest BCUT2D eigenvalue weighted by atomic mass is 9.77. The molecule has 0 fully saturated rings. The molecule has 0 saturated carbocycles. The quantitative estimate of drug-likeness (QED) is 0.813. The molecule has 1 unspecified atom stereocenters. The molecule has 1 aromatic rings. The van der Waals surface area contributed by atoms with Crippen molar-refractivity contribution in [1.29, 1.82) is 0 Å². The lowest BCUT2D eigenvalue weighted by molar-refractivity contribution is 0.245. The van der Waals surface area contributed by atoms with Gasteiger partial charge in [0.05, 0.1) is 0 Å². The van der Waals surface area contributed by atoms with Crippen LogP contribution in [0.15, 0.2) is 24.3 Å². The highest BCUT2D eigenvalue weighted by atomic mass is 19.1. The number of nitrogens with two attached hydrogens (primary N) is 1. The number of benzene rings is 1. The maximum absolute atomic E-state index is 13.0. The maximum Gasteiger partial charge on any atom is 0.123 e. The Morgan fingerprint density at radius 1 is 1.33 bits per heavy atom. The summed E-state index contributed by atoms with van der Waals surface area (Å²) in [6, 6.07) is 6.77. The van der Waals surface area contributed by atoms with Crippen molar-refractivity contribution in [2.75, 3.05) is 6.54 Å². The van der Waals surface area contributed by atoms with Crippen LogP contribution in [0, 0.1) is 17.2 Å². The molecule has 15 heavy (non-hydrogen) atoms. The molecule has 0 aliphatic carbocycles. The highest BCUT2D eigenvalue weighted by Crippen LogP contribution is 2.28. The summed E-state index contributed by atoms with van der Waals surface area (Å²) in [4.78, 5) is 0. The molecule has 0 saturated heterocycles.